The standard InChI is InChI=1S/C21H24N2O/c24-15-21(16-8-2-1-3-9-16)23-13-7-6-12-20(23)18-14-22-19-11-5-4-10-17(18)19/h1-5,8-11,14,20-22,24H,6-7,12-13,15H2/t20-,21+/m1/s1. The molecular weight excluding hydrogens is 296 g/mol. The number of fused-ring (bicyclic) bond motifs is 1. The number of hydrogen-bond donors (Lipinski definition) is 2. The smallest absolute Gasteiger partial charge is 0.0628 e. The first-order valence-corrected chi connectivity index (χ1v) is 8.86. The molecule has 24 heavy (non-hydrogen) atoms. The van der Waals surface area contributed by atoms with Crippen LogP contribution in [0.3, 0.4) is 0 Å². The molecule has 3 aromatic rings. The second-order valence-corrected chi connectivity index (χ2v) is 6.65. The molecule has 0 amide bonds. The third-order valence-electron chi connectivity index (χ3n) is 5.28. The summed E-state index contributed by atoms with van der Waals surface area (Å²) in [6.07, 6.45) is 5.74. The Morgan fingerprint density at radius 2 is 1.83 bits per heavy atom. The molecule has 1 aromatic heterocycles. The minimum absolute atomic E-state index is 0.0603. The van der Waals surface area contributed by atoms with Gasteiger partial charge < -0.3 is 10.1 Å². The Labute approximate surface area is 142 Å². The molecule has 1 aliphatic heterocycles. The van der Waals surface area contributed by atoms with Gasteiger partial charge in [0.15, 0.2) is 0 Å². The second kappa shape index (κ2) is 6.80. The van der Waals surface area contributed by atoms with E-state index >= 15 is 0 Å². The van der Waals surface area contributed by atoms with Crippen molar-refractivity contribution in [1.82, 2.24) is 9.88 Å². The van der Waals surface area contributed by atoms with Gasteiger partial charge >= 0.3 is 0 Å². The van der Waals surface area contributed by atoms with Gasteiger partial charge in [0.25, 0.3) is 0 Å². The first-order valence-electron chi connectivity index (χ1n) is 8.86. The van der Waals surface area contributed by atoms with Crippen LogP contribution in [0.5, 0.6) is 0 Å². The summed E-state index contributed by atoms with van der Waals surface area (Å²) in [5.74, 6) is 0. The van der Waals surface area contributed by atoms with Gasteiger partial charge in [-0.3, -0.25) is 4.90 Å². The average molecular weight is 320 g/mol. The Balaban J connectivity index is 1.73. The number of piperidine rings is 1. The van der Waals surface area contributed by atoms with Gasteiger partial charge in [0.05, 0.1) is 12.6 Å². The summed E-state index contributed by atoms with van der Waals surface area (Å²) in [6, 6.07) is 19.3. The monoisotopic (exact) mass is 320 g/mol. The number of aromatic nitrogens is 1. The normalized spacial score (nSPS) is 20.3. The Bertz CT molecular complexity index is 796. The van der Waals surface area contributed by atoms with Gasteiger partial charge in [-0.25, -0.2) is 0 Å². The number of rotatable bonds is 4. The first-order chi connectivity index (χ1) is 11.9. The molecule has 2 N–H and O–H groups in total. The van der Waals surface area contributed by atoms with Gasteiger partial charge in [-0.2, -0.15) is 0 Å². The third-order valence-corrected chi connectivity index (χ3v) is 5.28. The molecule has 1 saturated heterocycles. The number of aromatic amines is 1. The van der Waals surface area contributed by atoms with Crippen molar-refractivity contribution in [2.45, 2.75) is 31.3 Å². The van der Waals surface area contributed by atoms with E-state index in [4.69, 9.17) is 0 Å². The predicted molar refractivity (Wildman–Crippen MR) is 97.9 cm³/mol. The summed E-state index contributed by atoms with van der Waals surface area (Å²) < 4.78 is 0. The Hall–Kier alpha value is -2.10. The number of H-pyrrole nitrogens is 1. The van der Waals surface area contributed by atoms with E-state index in [1.54, 1.807) is 0 Å². The maximum atomic E-state index is 10.1. The molecule has 0 bridgehead atoms. The number of likely N-dealkylation sites (tertiary alicyclic amines) is 1. The van der Waals surface area contributed by atoms with Crippen molar-refractivity contribution in [2.75, 3.05) is 13.2 Å². The van der Waals surface area contributed by atoms with Crippen LogP contribution in [0.2, 0.25) is 0 Å². The van der Waals surface area contributed by atoms with E-state index < -0.39 is 0 Å². The zero-order valence-electron chi connectivity index (χ0n) is 13.9. The van der Waals surface area contributed by atoms with Gasteiger partial charge in [0.1, 0.15) is 0 Å². The fourth-order valence-electron chi connectivity index (χ4n) is 4.11. The number of para-hydroxylation sites is 1. The average Bonchev–Trinajstić information content (AvgIpc) is 3.08. The van der Waals surface area contributed by atoms with E-state index in [9.17, 15) is 5.11 Å². The topological polar surface area (TPSA) is 39.3 Å². The zero-order valence-corrected chi connectivity index (χ0v) is 13.9. The van der Waals surface area contributed by atoms with Crippen molar-refractivity contribution in [2.24, 2.45) is 0 Å². The minimum atomic E-state index is 0.0603. The Kier molecular flexibility index (Phi) is 4.37. The lowest BCUT2D eigenvalue weighted by molar-refractivity contribution is 0.0564. The van der Waals surface area contributed by atoms with E-state index in [0.717, 1.165) is 13.0 Å². The summed E-state index contributed by atoms with van der Waals surface area (Å²) in [5, 5.41) is 11.4. The lowest BCUT2D eigenvalue weighted by Gasteiger charge is -2.41. The lowest BCUT2D eigenvalue weighted by Crippen LogP contribution is -2.38. The summed E-state index contributed by atoms with van der Waals surface area (Å²) in [7, 11) is 0. The molecule has 0 spiro atoms. The molecule has 0 unspecified atom stereocenters. The Morgan fingerprint density at radius 3 is 2.67 bits per heavy atom. The van der Waals surface area contributed by atoms with Crippen molar-refractivity contribution < 1.29 is 5.11 Å². The van der Waals surface area contributed by atoms with E-state index in [-0.39, 0.29) is 12.6 Å². The number of hydrogen-bond acceptors (Lipinski definition) is 2. The SMILES string of the molecule is OC[C@@H](c1ccccc1)N1CCCC[C@@H]1c1c[nH]c2ccccc12. The maximum Gasteiger partial charge on any atom is 0.0628 e. The highest BCUT2D eigenvalue weighted by Gasteiger charge is 2.31. The number of benzene rings is 2. The highest BCUT2D eigenvalue weighted by atomic mass is 16.3. The molecule has 1 aliphatic rings. The third kappa shape index (κ3) is 2.74. The van der Waals surface area contributed by atoms with E-state index in [2.05, 4.69) is 64.6 Å². The van der Waals surface area contributed by atoms with E-state index in [1.807, 2.05) is 6.07 Å². The van der Waals surface area contributed by atoms with Crippen molar-refractivity contribution in [1.29, 1.82) is 0 Å². The molecule has 0 radical (unpaired) electrons. The number of nitrogens with zero attached hydrogens (tertiary/aromatic N) is 1. The van der Waals surface area contributed by atoms with Gasteiger partial charge in [0, 0.05) is 23.1 Å². The van der Waals surface area contributed by atoms with Crippen molar-refractivity contribution in [3.63, 3.8) is 0 Å². The molecule has 2 heterocycles. The molecule has 0 saturated carbocycles. The number of aliphatic hydroxyl groups excluding tert-OH is 1. The van der Waals surface area contributed by atoms with Crippen LogP contribution in [0.4, 0.5) is 0 Å². The summed E-state index contributed by atoms with van der Waals surface area (Å²) >= 11 is 0. The number of nitrogens with one attached hydrogen (secondary N) is 1. The predicted octanol–water partition coefficient (Wildman–Crippen LogP) is 4.43. The first kappa shape index (κ1) is 15.4. The fourth-order valence-corrected chi connectivity index (χ4v) is 4.11. The van der Waals surface area contributed by atoms with Crippen LogP contribution in [0.1, 0.15) is 42.5 Å². The van der Waals surface area contributed by atoms with Gasteiger partial charge in [-0.05, 0) is 36.6 Å². The summed E-state index contributed by atoms with van der Waals surface area (Å²) in [5.41, 5.74) is 3.75. The zero-order chi connectivity index (χ0) is 16.4. The van der Waals surface area contributed by atoms with Crippen LogP contribution >= 0.6 is 0 Å². The molecule has 3 nitrogen and oxygen atoms in total. The highest BCUT2D eigenvalue weighted by molar-refractivity contribution is 5.83. The highest BCUT2D eigenvalue weighted by Crippen LogP contribution is 2.39. The molecule has 1 fully saturated rings. The van der Waals surface area contributed by atoms with E-state index in [0.29, 0.717) is 6.04 Å². The van der Waals surface area contributed by atoms with Crippen molar-refractivity contribution in [3.8, 4) is 0 Å². The van der Waals surface area contributed by atoms with Crippen LogP contribution in [-0.4, -0.2) is 28.1 Å². The quantitative estimate of drug-likeness (QED) is 0.746. The van der Waals surface area contributed by atoms with Crippen molar-refractivity contribution in [3.05, 3.63) is 71.9 Å². The van der Waals surface area contributed by atoms with Crippen LogP contribution in [-0.2, 0) is 0 Å². The van der Waals surface area contributed by atoms with Gasteiger partial charge in [0.2, 0.25) is 0 Å². The van der Waals surface area contributed by atoms with Crippen LogP contribution in [0.25, 0.3) is 10.9 Å². The minimum Gasteiger partial charge on any atom is -0.394 e. The van der Waals surface area contributed by atoms with Crippen LogP contribution in [0.15, 0.2) is 60.8 Å². The molecule has 3 heteroatoms. The van der Waals surface area contributed by atoms with Crippen LogP contribution < -0.4 is 0 Å². The molecular formula is C21H24N2O. The summed E-state index contributed by atoms with van der Waals surface area (Å²) in [6.45, 7) is 1.19. The fraction of sp³-hybridized carbons (Fsp3) is 0.333. The van der Waals surface area contributed by atoms with Gasteiger partial charge in [-0.15, -0.1) is 0 Å². The Morgan fingerprint density at radius 1 is 1.04 bits per heavy atom. The second-order valence-electron chi connectivity index (χ2n) is 6.65. The molecule has 2 atom stereocenters. The number of aliphatic hydroxyl groups is 1. The maximum absolute atomic E-state index is 10.1. The molecule has 4 rings (SSSR count). The van der Waals surface area contributed by atoms with Crippen molar-refractivity contribution >= 4 is 10.9 Å². The molecule has 124 valence electrons. The van der Waals surface area contributed by atoms with Gasteiger partial charge in [-0.1, -0.05) is 55.0 Å². The van der Waals surface area contributed by atoms with E-state index in [1.165, 1.54) is 34.9 Å². The molecule has 0 aliphatic carbocycles. The lowest BCUT2D eigenvalue weighted by atomic mass is 9.91. The molecule has 2 aromatic carbocycles. The largest absolute Gasteiger partial charge is 0.394 e. The van der Waals surface area contributed by atoms with Crippen LogP contribution in [0, 0.1) is 0 Å². The summed E-state index contributed by atoms with van der Waals surface area (Å²) in [4.78, 5) is 5.91.